The van der Waals surface area contributed by atoms with Gasteiger partial charge in [0.15, 0.2) is 0 Å². The van der Waals surface area contributed by atoms with Crippen LogP contribution in [0.1, 0.15) is 46.0 Å². The Morgan fingerprint density at radius 2 is 2.07 bits per heavy atom. The van der Waals surface area contributed by atoms with E-state index in [1.54, 1.807) is 0 Å². The minimum Gasteiger partial charge on any atom is -0.352 e. The van der Waals surface area contributed by atoms with Gasteiger partial charge in [-0.05, 0) is 25.8 Å². The van der Waals surface area contributed by atoms with Crippen molar-refractivity contribution in [3.8, 4) is 0 Å². The van der Waals surface area contributed by atoms with Gasteiger partial charge in [-0.1, -0.05) is 26.7 Å². The second-order valence-electron chi connectivity index (χ2n) is 4.47. The highest BCUT2D eigenvalue weighted by atomic mass is 16.1. The van der Waals surface area contributed by atoms with Crippen LogP contribution in [0.2, 0.25) is 0 Å². The molecule has 0 aliphatic carbocycles. The molecule has 88 valence electrons. The van der Waals surface area contributed by atoms with Crippen LogP contribution in [0.25, 0.3) is 0 Å². The van der Waals surface area contributed by atoms with Crippen LogP contribution in [0, 0.1) is 5.92 Å². The monoisotopic (exact) mass is 212 g/mol. The second-order valence-corrected chi connectivity index (χ2v) is 4.47. The molecule has 1 rings (SSSR count). The standard InChI is InChI=1S/C12H24N2O/c1-3-5-10(6-4-2)12(15)14-11-7-8-13-9-11/h10-11,13H,3-9H2,1-2H3,(H,14,15)/t11-/m1/s1. The van der Waals surface area contributed by atoms with E-state index >= 15 is 0 Å². The Kier molecular flexibility index (Phi) is 5.69. The first-order valence-electron chi connectivity index (χ1n) is 6.29. The molecule has 1 fully saturated rings. The van der Waals surface area contributed by atoms with Gasteiger partial charge in [-0.15, -0.1) is 0 Å². The number of carbonyl (C=O) groups excluding carboxylic acids is 1. The topological polar surface area (TPSA) is 41.1 Å². The Bertz CT molecular complexity index is 182. The van der Waals surface area contributed by atoms with Crippen molar-refractivity contribution in [2.75, 3.05) is 13.1 Å². The summed E-state index contributed by atoms with van der Waals surface area (Å²) in [6, 6.07) is 0.369. The van der Waals surface area contributed by atoms with E-state index in [0.29, 0.717) is 6.04 Å². The van der Waals surface area contributed by atoms with E-state index < -0.39 is 0 Å². The first-order chi connectivity index (χ1) is 7.27. The molecule has 0 aromatic rings. The third-order valence-electron chi connectivity index (χ3n) is 3.05. The first kappa shape index (κ1) is 12.5. The average molecular weight is 212 g/mol. The summed E-state index contributed by atoms with van der Waals surface area (Å²) >= 11 is 0. The fourth-order valence-electron chi connectivity index (χ4n) is 2.20. The Balaban J connectivity index is 2.33. The van der Waals surface area contributed by atoms with Crippen molar-refractivity contribution in [1.29, 1.82) is 0 Å². The van der Waals surface area contributed by atoms with Crippen LogP contribution in [0.3, 0.4) is 0 Å². The van der Waals surface area contributed by atoms with Gasteiger partial charge >= 0.3 is 0 Å². The van der Waals surface area contributed by atoms with E-state index in [-0.39, 0.29) is 11.8 Å². The van der Waals surface area contributed by atoms with Crippen molar-refractivity contribution >= 4 is 5.91 Å². The number of rotatable bonds is 6. The Labute approximate surface area is 93.0 Å². The van der Waals surface area contributed by atoms with E-state index in [1.165, 1.54) is 0 Å². The van der Waals surface area contributed by atoms with Gasteiger partial charge in [-0.2, -0.15) is 0 Å². The van der Waals surface area contributed by atoms with Gasteiger partial charge < -0.3 is 10.6 Å². The maximum Gasteiger partial charge on any atom is 0.223 e. The number of carbonyl (C=O) groups is 1. The summed E-state index contributed by atoms with van der Waals surface area (Å²) in [4.78, 5) is 11.9. The molecule has 3 heteroatoms. The SMILES string of the molecule is CCCC(CCC)C(=O)N[C@@H]1CCNC1. The molecule has 0 radical (unpaired) electrons. The van der Waals surface area contributed by atoms with Gasteiger partial charge in [0.25, 0.3) is 0 Å². The molecule has 15 heavy (non-hydrogen) atoms. The minimum atomic E-state index is 0.237. The summed E-state index contributed by atoms with van der Waals surface area (Å²) in [5, 5.41) is 6.41. The third kappa shape index (κ3) is 4.20. The van der Waals surface area contributed by atoms with Gasteiger partial charge in [0.2, 0.25) is 5.91 Å². The molecule has 0 spiro atoms. The maximum absolute atomic E-state index is 11.9. The number of hydrogen-bond donors (Lipinski definition) is 2. The van der Waals surface area contributed by atoms with Crippen molar-refractivity contribution in [3.63, 3.8) is 0 Å². The lowest BCUT2D eigenvalue weighted by Crippen LogP contribution is -2.40. The van der Waals surface area contributed by atoms with Gasteiger partial charge in [0.1, 0.15) is 0 Å². The van der Waals surface area contributed by atoms with Crippen molar-refractivity contribution < 1.29 is 4.79 Å². The van der Waals surface area contributed by atoms with E-state index in [9.17, 15) is 4.79 Å². The molecule has 0 saturated carbocycles. The fourth-order valence-corrected chi connectivity index (χ4v) is 2.20. The van der Waals surface area contributed by atoms with Gasteiger partial charge in [-0.3, -0.25) is 4.79 Å². The van der Waals surface area contributed by atoms with Crippen LogP contribution in [0.5, 0.6) is 0 Å². The molecule has 1 amide bonds. The lowest BCUT2D eigenvalue weighted by atomic mass is 9.97. The zero-order valence-electron chi connectivity index (χ0n) is 10.0. The van der Waals surface area contributed by atoms with Crippen LogP contribution in [0.15, 0.2) is 0 Å². The molecule has 1 atom stereocenters. The molecule has 1 heterocycles. The van der Waals surface area contributed by atoms with Gasteiger partial charge in [0.05, 0.1) is 0 Å². The molecule has 0 unspecified atom stereocenters. The van der Waals surface area contributed by atoms with Crippen LogP contribution in [-0.2, 0) is 4.79 Å². The molecule has 0 aromatic carbocycles. The summed E-state index contributed by atoms with van der Waals surface area (Å²) in [5.41, 5.74) is 0. The van der Waals surface area contributed by atoms with Gasteiger partial charge in [0, 0.05) is 18.5 Å². The lowest BCUT2D eigenvalue weighted by molar-refractivity contribution is -0.126. The molecule has 1 aliphatic rings. The van der Waals surface area contributed by atoms with Crippen molar-refractivity contribution in [3.05, 3.63) is 0 Å². The molecule has 0 aromatic heterocycles. The third-order valence-corrected chi connectivity index (χ3v) is 3.05. The highest BCUT2D eigenvalue weighted by Crippen LogP contribution is 2.14. The molecule has 2 N–H and O–H groups in total. The van der Waals surface area contributed by atoms with Crippen molar-refractivity contribution in [1.82, 2.24) is 10.6 Å². The molecule has 3 nitrogen and oxygen atoms in total. The first-order valence-corrected chi connectivity index (χ1v) is 6.29. The summed E-state index contributed by atoms with van der Waals surface area (Å²) < 4.78 is 0. The van der Waals surface area contributed by atoms with Gasteiger partial charge in [-0.25, -0.2) is 0 Å². The minimum absolute atomic E-state index is 0.237. The Hall–Kier alpha value is -0.570. The predicted molar refractivity (Wildman–Crippen MR) is 62.7 cm³/mol. The van der Waals surface area contributed by atoms with Crippen molar-refractivity contribution in [2.45, 2.75) is 52.0 Å². The zero-order chi connectivity index (χ0) is 11.1. The smallest absolute Gasteiger partial charge is 0.223 e. The van der Waals surface area contributed by atoms with Crippen LogP contribution in [0.4, 0.5) is 0 Å². The summed E-state index contributed by atoms with van der Waals surface area (Å²) in [6.45, 7) is 6.27. The largest absolute Gasteiger partial charge is 0.352 e. The van der Waals surface area contributed by atoms with Crippen LogP contribution < -0.4 is 10.6 Å². The molecular weight excluding hydrogens is 188 g/mol. The Morgan fingerprint density at radius 1 is 1.40 bits per heavy atom. The van der Waals surface area contributed by atoms with E-state index in [0.717, 1.165) is 45.2 Å². The maximum atomic E-state index is 11.9. The summed E-state index contributed by atoms with van der Waals surface area (Å²) in [5.74, 6) is 0.507. The quantitative estimate of drug-likeness (QED) is 0.703. The average Bonchev–Trinajstić information content (AvgIpc) is 2.70. The highest BCUT2D eigenvalue weighted by molar-refractivity contribution is 5.78. The predicted octanol–water partition coefficient (Wildman–Crippen LogP) is 1.68. The Morgan fingerprint density at radius 3 is 2.53 bits per heavy atom. The number of hydrogen-bond acceptors (Lipinski definition) is 2. The van der Waals surface area contributed by atoms with Crippen molar-refractivity contribution in [2.24, 2.45) is 5.92 Å². The van der Waals surface area contributed by atoms with Crippen LogP contribution >= 0.6 is 0 Å². The molecule has 1 saturated heterocycles. The number of nitrogens with one attached hydrogen (secondary N) is 2. The zero-order valence-corrected chi connectivity index (χ0v) is 10.0. The van der Waals surface area contributed by atoms with E-state index in [1.807, 2.05) is 0 Å². The highest BCUT2D eigenvalue weighted by Gasteiger charge is 2.21. The van der Waals surface area contributed by atoms with E-state index in [2.05, 4.69) is 24.5 Å². The normalized spacial score (nSPS) is 20.9. The second kappa shape index (κ2) is 6.83. The summed E-state index contributed by atoms with van der Waals surface area (Å²) in [7, 11) is 0. The molecule has 1 aliphatic heterocycles. The number of amides is 1. The molecular formula is C12H24N2O. The molecule has 0 bridgehead atoms. The van der Waals surface area contributed by atoms with E-state index in [4.69, 9.17) is 0 Å². The fraction of sp³-hybridized carbons (Fsp3) is 0.917. The summed E-state index contributed by atoms with van der Waals surface area (Å²) in [6.07, 6.45) is 5.33. The van der Waals surface area contributed by atoms with Crippen LogP contribution in [-0.4, -0.2) is 25.0 Å². The lowest BCUT2D eigenvalue weighted by Gasteiger charge is -2.18.